The molecular weight excluding hydrogens is 494 g/mol. The molecule has 0 bridgehead atoms. The quantitative estimate of drug-likeness (QED) is 0.209. The molecule has 0 radical (unpaired) electrons. The van der Waals surface area contributed by atoms with Crippen LogP contribution in [0.3, 0.4) is 0 Å². The molecule has 0 fully saturated rings. The molecular formula is C40H31N. The van der Waals surface area contributed by atoms with Crippen LogP contribution in [-0.2, 0) is 6.42 Å². The maximum atomic E-state index is 2.34. The number of hydrogen-bond donors (Lipinski definition) is 0. The zero-order valence-corrected chi connectivity index (χ0v) is 22.9. The lowest BCUT2D eigenvalue weighted by molar-refractivity contribution is 0.986. The summed E-state index contributed by atoms with van der Waals surface area (Å²) < 4.78 is 0. The Labute approximate surface area is 242 Å². The summed E-state index contributed by atoms with van der Waals surface area (Å²) in [6.45, 7) is 0. The third-order valence-electron chi connectivity index (χ3n) is 7.96. The summed E-state index contributed by atoms with van der Waals surface area (Å²) in [6.07, 6.45) is 6.82. The third kappa shape index (κ3) is 5.11. The van der Waals surface area contributed by atoms with Gasteiger partial charge in [-0.15, -0.1) is 0 Å². The van der Waals surface area contributed by atoms with Crippen LogP contribution in [0, 0.1) is 0 Å². The first kappa shape index (κ1) is 24.9. The fourth-order valence-electron chi connectivity index (χ4n) is 5.82. The smallest absolute Gasteiger partial charge is 0.0462 e. The standard InChI is InChI=1S/C40H31N/c1-3-10-30(11-4-1)32-18-24-36(25-19-32)41(37-26-20-33(21-27-37)31-12-5-2-6-13-31)38-28-22-35(23-29-38)40-17-9-15-34-14-7-8-16-39(34)40/h1-6,8-13,15-29H,7,14H2. The summed E-state index contributed by atoms with van der Waals surface area (Å²) in [4.78, 5) is 2.34. The second kappa shape index (κ2) is 11.2. The second-order valence-electron chi connectivity index (χ2n) is 10.5. The first-order valence-electron chi connectivity index (χ1n) is 14.3. The molecule has 0 aromatic heterocycles. The Kier molecular flexibility index (Phi) is 6.77. The van der Waals surface area contributed by atoms with E-state index < -0.39 is 0 Å². The minimum Gasteiger partial charge on any atom is -0.311 e. The molecule has 0 spiro atoms. The molecule has 1 nitrogen and oxygen atoms in total. The van der Waals surface area contributed by atoms with Gasteiger partial charge in [0.1, 0.15) is 0 Å². The highest BCUT2D eigenvalue weighted by Crippen LogP contribution is 2.38. The molecule has 7 rings (SSSR count). The van der Waals surface area contributed by atoms with Crippen molar-refractivity contribution in [2.45, 2.75) is 12.8 Å². The Morgan fingerprint density at radius 1 is 0.390 bits per heavy atom. The van der Waals surface area contributed by atoms with Gasteiger partial charge in [0, 0.05) is 17.1 Å². The zero-order chi connectivity index (χ0) is 27.4. The highest BCUT2D eigenvalue weighted by Gasteiger charge is 2.15. The van der Waals surface area contributed by atoms with Crippen molar-refractivity contribution < 1.29 is 0 Å². The van der Waals surface area contributed by atoms with Crippen LogP contribution in [0.15, 0.2) is 158 Å². The van der Waals surface area contributed by atoms with Crippen LogP contribution in [0.4, 0.5) is 17.1 Å². The molecule has 1 heteroatoms. The van der Waals surface area contributed by atoms with Crippen LogP contribution in [0.5, 0.6) is 0 Å². The van der Waals surface area contributed by atoms with E-state index in [4.69, 9.17) is 0 Å². The van der Waals surface area contributed by atoms with Crippen LogP contribution >= 0.6 is 0 Å². The van der Waals surface area contributed by atoms with E-state index in [0.717, 1.165) is 29.9 Å². The number of rotatable bonds is 6. The van der Waals surface area contributed by atoms with Gasteiger partial charge in [0.05, 0.1) is 0 Å². The lowest BCUT2D eigenvalue weighted by Crippen LogP contribution is -2.09. The fourth-order valence-corrected chi connectivity index (χ4v) is 5.82. The van der Waals surface area contributed by atoms with Crippen molar-refractivity contribution >= 4 is 23.1 Å². The molecule has 0 saturated heterocycles. The van der Waals surface area contributed by atoms with Gasteiger partial charge >= 0.3 is 0 Å². The molecule has 0 amide bonds. The summed E-state index contributed by atoms with van der Waals surface area (Å²) in [5.41, 5.74) is 13.6. The van der Waals surface area contributed by atoms with Gasteiger partial charge in [-0.2, -0.15) is 0 Å². The zero-order valence-electron chi connectivity index (χ0n) is 22.9. The van der Waals surface area contributed by atoms with Crippen LogP contribution in [-0.4, -0.2) is 0 Å². The number of allylic oxidation sites excluding steroid dienone is 1. The summed E-state index contributed by atoms with van der Waals surface area (Å²) >= 11 is 0. The topological polar surface area (TPSA) is 3.24 Å². The molecule has 1 aliphatic rings. The Bertz CT molecular complexity index is 1700. The van der Waals surface area contributed by atoms with Gasteiger partial charge in [-0.25, -0.2) is 0 Å². The summed E-state index contributed by atoms with van der Waals surface area (Å²) in [7, 11) is 0. The first-order valence-corrected chi connectivity index (χ1v) is 14.3. The van der Waals surface area contributed by atoms with E-state index in [2.05, 4.69) is 169 Å². The summed E-state index contributed by atoms with van der Waals surface area (Å²) in [6, 6.07) is 54.6. The minimum atomic E-state index is 1.11. The molecule has 0 unspecified atom stereocenters. The summed E-state index contributed by atoms with van der Waals surface area (Å²) in [5.74, 6) is 0. The second-order valence-corrected chi connectivity index (χ2v) is 10.5. The van der Waals surface area contributed by atoms with Crippen molar-refractivity contribution in [3.05, 3.63) is 169 Å². The Hall–Kier alpha value is -5.14. The van der Waals surface area contributed by atoms with Crippen LogP contribution in [0.1, 0.15) is 17.5 Å². The van der Waals surface area contributed by atoms with Gasteiger partial charge in [-0.1, -0.05) is 127 Å². The number of nitrogens with zero attached hydrogens (tertiary/aromatic N) is 1. The predicted octanol–water partition coefficient (Wildman–Crippen LogP) is 11.1. The lowest BCUT2D eigenvalue weighted by atomic mass is 9.90. The van der Waals surface area contributed by atoms with E-state index in [0.29, 0.717) is 0 Å². The number of aryl methyl sites for hydroxylation is 1. The van der Waals surface area contributed by atoms with Crippen molar-refractivity contribution in [2.24, 2.45) is 0 Å². The van der Waals surface area contributed by atoms with Crippen molar-refractivity contribution in [3.63, 3.8) is 0 Å². The van der Waals surface area contributed by atoms with E-state index in [1.54, 1.807) is 0 Å². The van der Waals surface area contributed by atoms with Gasteiger partial charge in [-0.05, 0) is 93.7 Å². The van der Waals surface area contributed by atoms with E-state index in [-0.39, 0.29) is 0 Å². The number of benzene rings is 6. The normalized spacial score (nSPS) is 12.1. The van der Waals surface area contributed by atoms with Crippen molar-refractivity contribution in [1.29, 1.82) is 0 Å². The highest BCUT2D eigenvalue weighted by molar-refractivity contribution is 5.83. The molecule has 0 aliphatic heterocycles. The van der Waals surface area contributed by atoms with Crippen molar-refractivity contribution in [1.82, 2.24) is 0 Å². The molecule has 1 aliphatic carbocycles. The average Bonchev–Trinajstić information content (AvgIpc) is 3.06. The summed E-state index contributed by atoms with van der Waals surface area (Å²) in [5, 5.41) is 0. The van der Waals surface area contributed by atoms with E-state index in [1.807, 2.05) is 0 Å². The van der Waals surface area contributed by atoms with Gasteiger partial charge < -0.3 is 4.90 Å². The van der Waals surface area contributed by atoms with Crippen molar-refractivity contribution in [2.75, 3.05) is 4.90 Å². The Morgan fingerprint density at radius 3 is 1.37 bits per heavy atom. The van der Waals surface area contributed by atoms with Gasteiger partial charge in [-0.3, -0.25) is 0 Å². The molecule has 41 heavy (non-hydrogen) atoms. The molecule has 6 aromatic rings. The van der Waals surface area contributed by atoms with Crippen molar-refractivity contribution in [3.8, 4) is 33.4 Å². The minimum absolute atomic E-state index is 1.11. The number of anilines is 3. The number of hydrogen-bond acceptors (Lipinski definition) is 1. The third-order valence-corrected chi connectivity index (χ3v) is 7.96. The monoisotopic (exact) mass is 525 g/mol. The Balaban J connectivity index is 1.27. The van der Waals surface area contributed by atoms with E-state index in [1.165, 1.54) is 44.5 Å². The molecule has 0 saturated carbocycles. The van der Waals surface area contributed by atoms with Crippen LogP contribution in [0.25, 0.3) is 39.5 Å². The van der Waals surface area contributed by atoms with Gasteiger partial charge in [0.2, 0.25) is 0 Å². The maximum Gasteiger partial charge on any atom is 0.0462 e. The number of fused-ring (bicyclic) bond motifs is 1. The lowest BCUT2D eigenvalue weighted by Gasteiger charge is -2.26. The predicted molar refractivity (Wildman–Crippen MR) is 175 cm³/mol. The van der Waals surface area contributed by atoms with E-state index in [9.17, 15) is 0 Å². The molecule has 0 N–H and O–H groups in total. The first-order chi connectivity index (χ1) is 20.3. The van der Waals surface area contributed by atoms with Gasteiger partial charge in [0.25, 0.3) is 0 Å². The maximum absolute atomic E-state index is 2.34. The highest BCUT2D eigenvalue weighted by atomic mass is 15.1. The Morgan fingerprint density at radius 2 is 0.854 bits per heavy atom. The molecule has 6 aromatic carbocycles. The van der Waals surface area contributed by atoms with Crippen LogP contribution in [0.2, 0.25) is 0 Å². The van der Waals surface area contributed by atoms with E-state index >= 15 is 0 Å². The van der Waals surface area contributed by atoms with Crippen LogP contribution < -0.4 is 4.90 Å². The molecule has 0 heterocycles. The molecule has 196 valence electrons. The largest absolute Gasteiger partial charge is 0.311 e. The fraction of sp³-hybridized carbons (Fsp3) is 0.0500. The van der Waals surface area contributed by atoms with Gasteiger partial charge in [0.15, 0.2) is 0 Å². The molecule has 0 atom stereocenters. The SMILES string of the molecule is C1=Cc2c(cccc2-c2ccc(N(c3ccc(-c4ccccc4)cc3)c3ccc(-c4ccccc4)cc3)cc2)CC1. The average molecular weight is 526 g/mol.